The predicted octanol–water partition coefficient (Wildman–Crippen LogP) is 3.63. The summed E-state index contributed by atoms with van der Waals surface area (Å²) in [5, 5.41) is 9.21. The lowest BCUT2D eigenvalue weighted by Crippen LogP contribution is -2.49. The number of hydrogen-bond acceptors (Lipinski definition) is 8. The van der Waals surface area contributed by atoms with Crippen molar-refractivity contribution in [3.63, 3.8) is 0 Å². The molecule has 0 radical (unpaired) electrons. The maximum Gasteiger partial charge on any atom is 0.329 e. The van der Waals surface area contributed by atoms with Crippen molar-refractivity contribution in [3.05, 3.63) is 53.1 Å². The quantitative estimate of drug-likeness (QED) is 0.451. The van der Waals surface area contributed by atoms with Gasteiger partial charge in [-0.1, -0.05) is 35.5 Å². The van der Waals surface area contributed by atoms with Crippen LogP contribution in [0, 0.1) is 0 Å². The monoisotopic (exact) mass is 519 g/mol. The molecule has 1 fully saturated rings. The molecule has 8 nitrogen and oxygen atoms in total. The fourth-order valence-electron chi connectivity index (χ4n) is 3.91. The Morgan fingerprint density at radius 2 is 1.66 bits per heavy atom. The summed E-state index contributed by atoms with van der Waals surface area (Å²) in [5.41, 5.74) is 2.08. The number of halogens is 1. The molecule has 188 valence electrons. The van der Waals surface area contributed by atoms with Gasteiger partial charge in [0.25, 0.3) is 0 Å². The van der Waals surface area contributed by atoms with Crippen LogP contribution in [0.5, 0.6) is 0 Å². The van der Waals surface area contributed by atoms with Crippen molar-refractivity contribution in [2.24, 2.45) is 4.99 Å². The van der Waals surface area contributed by atoms with Crippen LogP contribution >= 0.6 is 23.4 Å². The Balaban J connectivity index is 1.22. The topological polar surface area (TPSA) is 83.8 Å². The number of nitrogens with zero attached hydrogens (tertiary/aromatic N) is 3. The molecule has 1 saturated heterocycles. The number of fused-ring (bicyclic) bond motifs is 2. The molecule has 2 heterocycles. The molecule has 0 unspecified atom stereocenters. The molecular weight excluding hydrogens is 490 g/mol. The van der Waals surface area contributed by atoms with Gasteiger partial charge >= 0.3 is 5.97 Å². The van der Waals surface area contributed by atoms with E-state index in [0.717, 1.165) is 59.7 Å². The first kappa shape index (κ1) is 25.9. The van der Waals surface area contributed by atoms with Gasteiger partial charge in [0.2, 0.25) is 0 Å². The zero-order valence-electron chi connectivity index (χ0n) is 19.5. The second-order valence-corrected chi connectivity index (χ2v) is 9.67. The number of carboxylic acid groups (broad SMARTS) is 1. The van der Waals surface area contributed by atoms with Crippen LogP contribution < -0.4 is 0 Å². The Bertz CT molecular complexity index is 1030. The van der Waals surface area contributed by atoms with E-state index in [4.69, 9.17) is 35.9 Å². The predicted molar refractivity (Wildman–Crippen MR) is 136 cm³/mol. The summed E-state index contributed by atoms with van der Waals surface area (Å²) in [6, 6.07) is 14.3. The fourth-order valence-corrected chi connectivity index (χ4v) is 5.08. The lowest BCUT2D eigenvalue weighted by Gasteiger charge is -2.36. The Morgan fingerprint density at radius 3 is 2.43 bits per heavy atom. The van der Waals surface area contributed by atoms with Crippen molar-refractivity contribution < 1.29 is 24.1 Å². The highest BCUT2D eigenvalue weighted by Gasteiger charge is 2.25. The minimum absolute atomic E-state index is 0.267. The summed E-state index contributed by atoms with van der Waals surface area (Å²) in [6.07, 6.45) is 0. The highest BCUT2D eigenvalue weighted by molar-refractivity contribution is 7.99. The van der Waals surface area contributed by atoms with Crippen LogP contribution in [-0.4, -0.2) is 99.1 Å². The zero-order chi connectivity index (χ0) is 24.5. The Morgan fingerprint density at radius 1 is 0.943 bits per heavy atom. The number of aliphatic imine (C=N–C) groups is 1. The van der Waals surface area contributed by atoms with E-state index in [2.05, 4.69) is 28.0 Å². The van der Waals surface area contributed by atoms with E-state index in [9.17, 15) is 4.79 Å². The average molecular weight is 520 g/mol. The first-order valence-corrected chi connectivity index (χ1v) is 12.9. The molecule has 2 aromatic rings. The summed E-state index contributed by atoms with van der Waals surface area (Å²) < 4.78 is 16.0. The summed E-state index contributed by atoms with van der Waals surface area (Å²) in [7, 11) is 0. The fraction of sp³-hybridized carbons (Fsp3) is 0.440. The third-order valence-electron chi connectivity index (χ3n) is 5.69. The Hall–Kier alpha value is -2.14. The van der Waals surface area contributed by atoms with Gasteiger partial charge in [-0.05, 0) is 30.3 Å². The number of aliphatic carboxylic acids is 1. The molecule has 35 heavy (non-hydrogen) atoms. The van der Waals surface area contributed by atoms with Crippen molar-refractivity contribution in [1.29, 1.82) is 0 Å². The number of carboxylic acids is 1. The van der Waals surface area contributed by atoms with Gasteiger partial charge in [0, 0.05) is 53.1 Å². The van der Waals surface area contributed by atoms with Gasteiger partial charge in [0.1, 0.15) is 12.4 Å². The Labute approximate surface area is 214 Å². The molecule has 0 spiro atoms. The van der Waals surface area contributed by atoms with E-state index in [0.29, 0.717) is 26.4 Å². The standard InChI is InChI=1S/C25H30ClN3O5S/c26-19-5-6-22-20(17-19)25(27-21-3-1-2-4-23(21)35-22)29-9-7-28(8-10-29)11-12-32-13-14-33-15-16-34-18-24(30)31/h1-6,17H,7-16,18H2,(H,30,31). The van der Waals surface area contributed by atoms with Crippen LogP contribution in [0.25, 0.3) is 0 Å². The van der Waals surface area contributed by atoms with Crippen LogP contribution in [0.2, 0.25) is 5.02 Å². The maximum absolute atomic E-state index is 10.4. The minimum Gasteiger partial charge on any atom is -0.480 e. The van der Waals surface area contributed by atoms with Crippen molar-refractivity contribution in [2.75, 3.05) is 72.4 Å². The normalized spacial score (nSPS) is 15.8. The van der Waals surface area contributed by atoms with Crippen LogP contribution in [-0.2, 0) is 19.0 Å². The molecule has 0 aliphatic carbocycles. The lowest BCUT2D eigenvalue weighted by molar-refractivity contribution is -0.142. The van der Waals surface area contributed by atoms with Gasteiger partial charge in [-0.2, -0.15) is 0 Å². The summed E-state index contributed by atoms with van der Waals surface area (Å²) in [6.45, 7) is 6.44. The largest absolute Gasteiger partial charge is 0.480 e. The summed E-state index contributed by atoms with van der Waals surface area (Å²) in [5.74, 6) is 0.00951. The van der Waals surface area contributed by atoms with Crippen LogP contribution in [0.1, 0.15) is 5.56 Å². The molecular formula is C25H30ClN3O5S. The molecule has 1 N–H and O–H groups in total. The molecule has 0 amide bonds. The number of rotatable bonds is 11. The molecule has 2 aliphatic rings. The number of carbonyl (C=O) groups is 1. The second-order valence-electron chi connectivity index (χ2n) is 8.15. The molecule has 0 atom stereocenters. The van der Waals surface area contributed by atoms with Crippen molar-refractivity contribution in [1.82, 2.24) is 9.80 Å². The molecule has 0 aromatic heterocycles. The smallest absolute Gasteiger partial charge is 0.329 e. The third-order valence-corrected chi connectivity index (χ3v) is 7.06. The maximum atomic E-state index is 10.4. The Kier molecular flexibility index (Phi) is 9.82. The lowest BCUT2D eigenvalue weighted by atomic mass is 10.1. The number of hydrogen-bond donors (Lipinski definition) is 1. The van der Waals surface area contributed by atoms with E-state index in [1.54, 1.807) is 11.8 Å². The highest BCUT2D eigenvalue weighted by Crippen LogP contribution is 2.41. The van der Waals surface area contributed by atoms with Crippen LogP contribution in [0.15, 0.2) is 57.2 Å². The van der Waals surface area contributed by atoms with E-state index >= 15 is 0 Å². The molecule has 2 aromatic carbocycles. The van der Waals surface area contributed by atoms with Crippen molar-refractivity contribution in [2.45, 2.75) is 9.79 Å². The third kappa shape index (κ3) is 7.67. The number of piperazine rings is 1. The van der Waals surface area contributed by atoms with Gasteiger partial charge in [-0.25, -0.2) is 9.79 Å². The molecule has 0 bridgehead atoms. The zero-order valence-corrected chi connectivity index (χ0v) is 21.1. The molecule has 2 aliphatic heterocycles. The molecule has 4 rings (SSSR count). The number of ether oxygens (including phenoxy) is 3. The van der Waals surface area contributed by atoms with Crippen molar-refractivity contribution in [3.8, 4) is 0 Å². The van der Waals surface area contributed by atoms with Gasteiger partial charge in [-0.15, -0.1) is 0 Å². The highest BCUT2D eigenvalue weighted by atomic mass is 35.5. The van der Waals surface area contributed by atoms with Crippen LogP contribution in [0.4, 0.5) is 5.69 Å². The van der Waals surface area contributed by atoms with E-state index in [1.165, 1.54) is 4.90 Å². The SMILES string of the molecule is O=C(O)COCCOCCOCCN1CCN(C2=Nc3ccccc3Sc3ccc(Cl)cc32)CC1. The van der Waals surface area contributed by atoms with Gasteiger partial charge in [-0.3, -0.25) is 4.90 Å². The number of para-hydroxylation sites is 1. The van der Waals surface area contributed by atoms with Crippen molar-refractivity contribution >= 4 is 40.9 Å². The summed E-state index contributed by atoms with van der Waals surface area (Å²) in [4.78, 5) is 22.5. The summed E-state index contributed by atoms with van der Waals surface area (Å²) >= 11 is 8.10. The first-order valence-electron chi connectivity index (χ1n) is 11.7. The second kappa shape index (κ2) is 13.2. The van der Waals surface area contributed by atoms with Gasteiger partial charge in [0.15, 0.2) is 0 Å². The van der Waals surface area contributed by atoms with E-state index in [1.807, 2.05) is 24.3 Å². The molecule has 10 heteroatoms. The molecule has 0 saturated carbocycles. The van der Waals surface area contributed by atoms with Crippen LogP contribution in [0.3, 0.4) is 0 Å². The minimum atomic E-state index is -0.977. The van der Waals surface area contributed by atoms with E-state index < -0.39 is 5.97 Å². The number of benzene rings is 2. The van der Waals surface area contributed by atoms with E-state index in [-0.39, 0.29) is 13.2 Å². The van der Waals surface area contributed by atoms with Gasteiger partial charge < -0.3 is 24.2 Å². The number of amidine groups is 1. The average Bonchev–Trinajstić information content (AvgIpc) is 3.02. The first-order chi connectivity index (χ1) is 17.1. The van der Waals surface area contributed by atoms with Gasteiger partial charge in [0.05, 0.1) is 38.7 Å².